The Hall–Kier alpha value is -1.42. The van der Waals surface area contributed by atoms with Gasteiger partial charge < -0.3 is 0 Å². The molecule has 2 aromatic carbocycles. The standard InChI is InChI=1S/C17H21BrN2O4S2/c1-4-20(5-2)26(23,24)15-9-7-14(8-10-15)25(21,22)19-17-11-6-13(3)12-16(17)18/h6-12,19H,4-5H2,1-3H3. The van der Waals surface area contributed by atoms with E-state index in [9.17, 15) is 16.8 Å². The highest BCUT2D eigenvalue weighted by atomic mass is 79.9. The lowest BCUT2D eigenvalue weighted by Gasteiger charge is -2.18. The third-order valence-corrected chi connectivity index (χ3v) is 7.95. The molecule has 0 saturated heterocycles. The van der Waals surface area contributed by atoms with Crippen molar-refractivity contribution in [1.29, 1.82) is 0 Å². The second kappa shape index (κ2) is 8.08. The number of anilines is 1. The molecule has 0 fully saturated rings. The Labute approximate surface area is 163 Å². The molecule has 0 spiro atoms. The van der Waals surface area contributed by atoms with Crippen LogP contribution in [0.3, 0.4) is 0 Å². The molecule has 0 atom stereocenters. The molecule has 0 heterocycles. The molecule has 1 N–H and O–H groups in total. The Kier molecular flexibility index (Phi) is 6.49. The van der Waals surface area contributed by atoms with Crippen molar-refractivity contribution in [2.45, 2.75) is 30.6 Å². The van der Waals surface area contributed by atoms with E-state index in [2.05, 4.69) is 20.7 Å². The topological polar surface area (TPSA) is 83.6 Å². The van der Waals surface area contributed by atoms with Gasteiger partial charge >= 0.3 is 0 Å². The number of aryl methyl sites for hydroxylation is 1. The van der Waals surface area contributed by atoms with Gasteiger partial charge in [-0.25, -0.2) is 16.8 Å². The molecule has 2 aromatic rings. The molecule has 26 heavy (non-hydrogen) atoms. The first-order valence-corrected chi connectivity index (χ1v) is 11.7. The lowest BCUT2D eigenvalue weighted by Crippen LogP contribution is -2.30. The van der Waals surface area contributed by atoms with Gasteiger partial charge in [-0.3, -0.25) is 4.72 Å². The van der Waals surface area contributed by atoms with Crippen LogP contribution in [0.2, 0.25) is 0 Å². The number of hydrogen-bond acceptors (Lipinski definition) is 4. The summed E-state index contributed by atoms with van der Waals surface area (Å²) in [6, 6.07) is 10.5. The average Bonchev–Trinajstić information content (AvgIpc) is 2.58. The molecule has 0 aliphatic rings. The van der Waals surface area contributed by atoms with Gasteiger partial charge in [-0.1, -0.05) is 19.9 Å². The predicted octanol–water partition coefficient (Wildman–Crippen LogP) is 3.59. The van der Waals surface area contributed by atoms with E-state index < -0.39 is 20.0 Å². The summed E-state index contributed by atoms with van der Waals surface area (Å²) in [6.45, 7) is 6.11. The summed E-state index contributed by atoms with van der Waals surface area (Å²) in [4.78, 5) is 0.0557. The fourth-order valence-corrected chi connectivity index (χ4v) is 5.67. The van der Waals surface area contributed by atoms with Crippen molar-refractivity contribution < 1.29 is 16.8 Å². The summed E-state index contributed by atoms with van der Waals surface area (Å²) in [5.74, 6) is 0. The van der Waals surface area contributed by atoms with E-state index in [1.54, 1.807) is 32.0 Å². The first-order valence-electron chi connectivity index (χ1n) is 8.01. The van der Waals surface area contributed by atoms with Gasteiger partial charge in [-0.2, -0.15) is 4.31 Å². The number of sulfonamides is 2. The van der Waals surface area contributed by atoms with Crippen LogP contribution in [0.1, 0.15) is 19.4 Å². The van der Waals surface area contributed by atoms with Crippen molar-refractivity contribution in [2.24, 2.45) is 0 Å². The van der Waals surface area contributed by atoms with Gasteiger partial charge in [0, 0.05) is 17.6 Å². The van der Waals surface area contributed by atoms with E-state index >= 15 is 0 Å². The lowest BCUT2D eigenvalue weighted by atomic mass is 10.2. The SMILES string of the molecule is CCN(CC)S(=O)(=O)c1ccc(S(=O)(=O)Nc2ccc(C)cc2Br)cc1. The maximum atomic E-state index is 12.6. The first-order chi connectivity index (χ1) is 12.1. The van der Waals surface area contributed by atoms with Crippen LogP contribution in [0, 0.1) is 6.92 Å². The van der Waals surface area contributed by atoms with Crippen LogP contribution < -0.4 is 4.72 Å². The number of rotatable bonds is 7. The Balaban J connectivity index is 2.32. The third-order valence-electron chi connectivity index (χ3n) is 3.85. The molecule has 2 rings (SSSR count). The average molecular weight is 461 g/mol. The van der Waals surface area contributed by atoms with Crippen molar-refractivity contribution in [3.63, 3.8) is 0 Å². The van der Waals surface area contributed by atoms with Crippen LogP contribution in [-0.2, 0) is 20.0 Å². The fourth-order valence-electron chi connectivity index (χ4n) is 2.41. The van der Waals surface area contributed by atoms with E-state index in [4.69, 9.17) is 0 Å². The molecule has 0 aromatic heterocycles. The second-order valence-corrected chi connectivity index (χ2v) is 10.1. The zero-order valence-corrected chi connectivity index (χ0v) is 17.9. The lowest BCUT2D eigenvalue weighted by molar-refractivity contribution is 0.445. The maximum absolute atomic E-state index is 12.6. The zero-order chi connectivity index (χ0) is 19.5. The molecule has 0 aliphatic carbocycles. The van der Waals surface area contributed by atoms with Crippen LogP contribution in [0.5, 0.6) is 0 Å². The molecular weight excluding hydrogens is 440 g/mol. The van der Waals surface area contributed by atoms with Crippen LogP contribution in [0.25, 0.3) is 0 Å². The molecule has 0 unspecified atom stereocenters. The molecular formula is C17H21BrN2O4S2. The van der Waals surface area contributed by atoms with Gasteiger partial charge in [-0.05, 0) is 64.8 Å². The summed E-state index contributed by atoms with van der Waals surface area (Å²) in [5.41, 5.74) is 1.40. The molecule has 0 bridgehead atoms. The van der Waals surface area contributed by atoms with E-state index in [0.29, 0.717) is 23.2 Å². The number of hydrogen-bond donors (Lipinski definition) is 1. The van der Waals surface area contributed by atoms with Crippen molar-refractivity contribution in [3.8, 4) is 0 Å². The van der Waals surface area contributed by atoms with Crippen LogP contribution in [0.4, 0.5) is 5.69 Å². The predicted molar refractivity (Wildman–Crippen MR) is 106 cm³/mol. The molecule has 0 radical (unpaired) electrons. The summed E-state index contributed by atoms with van der Waals surface area (Å²) >= 11 is 3.33. The largest absolute Gasteiger partial charge is 0.278 e. The minimum absolute atomic E-state index is 0.0107. The van der Waals surface area contributed by atoms with Crippen LogP contribution >= 0.6 is 15.9 Å². The summed E-state index contributed by atoms with van der Waals surface area (Å²) in [7, 11) is -7.45. The van der Waals surface area contributed by atoms with E-state index in [-0.39, 0.29) is 9.79 Å². The Bertz CT molecular complexity index is 984. The Morgan fingerprint density at radius 1 is 0.923 bits per heavy atom. The first kappa shape index (κ1) is 20.9. The summed E-state index contributed by atoms with van der Waals surface area (Å²) in [5, 5.41) is 0. The molecule has 9 heteroatoms. The van der Waals surface area contributed by atoms with Gasteiger partial charge in [0.25, 0.3) is 10.0 Å². The Morgan fingerprint density at radius 2 is 1.46 bits per heavy atom. The summed E-state index contributed by atoms with van der Waals surface area (Å²) < 4.78 is 54.5. The fraction of sp³-hybridized carbons (Fsp3) is 0.294. The van der Waals surface area contributed by atoms with Gasteiger partial charge in [0.15, 0.2) is 0 Å². The van der Waals surface area contributed by atoms with E-state index in [1.165, 1.54) is 28.6 Å². The number of nitrogens with zero attached hydrogens (tertiary/aromatic N) is 1. The molecule has 0 amide bonds. The van der Waals surface area contributed by atoms with E-state index in [1.807, 2.05) is 6.92 Å². The van der Waals surface area contributed by atoms with Crippen molar-refractivity contribution >= 4 is 41.7 Å². The van der Waals surface area contributed by atoms with E-state index in [0.717, 1.165) is 5.56 Å². The number of benzene rings is 2. The normalized spacial score (nSPS) is 12.3. The highest BCUT2D eigenvalue weighted by molar-refractivity contribution is 9.10. The molecule has 6 nitrogen and oxygen atoms in total. The van der Waals surface area contributed by atoms with Gasteiger partial charge in [0.05, 0.1) is 15.5 Å². The van der Waals surface area contributed by atoms with Crippen molar-refractivity contribution in [3.05, 3.63) is 52.5 Å². The third kappa shape index (κ3) is 4.46. The monoisotopic (exact) mass is 460 g/mol. The zero-order valence-electron chi connectivity index (χ0n) is 14.7. The highest BCUT2D eigenvalue weighted by Crippen LogP contribution is 2.26. The maximum Gasteiger partial charge on any atom is 0.261 e. The minimum atomic E-state index is -3.83. The molecule has 0 aliphatic heterocycles. The smallest absolute Gasteiger partial charge is 0.261 e. The Morgan fingerprint density at radius 3 is 1.96 bits per heavy atom. The number of nitrogens with one attached hydrogen (secondary N) is 1. The number of halogens is 1. The molecule has 0 saturated carbocycles. The van der Waals surface area contributed by atoms with Gasteiger partial charge in [0.1, 0.15) is 0 Å². The van der Waals surface area contributed by atoms with Gasteiger partial charge in [0.2, 0.25) is 10.0 Å². The quantitative estimate of drug-likeness (QED) is 0.683. The summed E-state index contributed by atoms with van der Waals surface area (Å²) in [6.07, 6.45) is 0. The second-order valence-electron chi connectivity index (χ2n) is 5.65. The van der Waals surface area contributed by atoms with Crippen molar-refractivity contribution in [1.82, 2.24) is 4.31 Å². The van der Waals surface area contributed by atoms with Crippen LogP contribution in [-0.4, -0.2) is 34.2 Å². The van der Waals surface area contributed by atoms with Crippen molar-refractivity contribution in [2.75, 3.05) is 17.8 Å². The minimum Gasteiger partial charge on any atom is -0.278 e. The van der Waals surface area contributed by atoms with Gasteiger partial charge in [-0.15, -0.1) is 0 Å². The molecule has 142 valence electrons. The highest BCUT2D eigenvalue weighted by Gasteiger charge is 2.23. The van der Waals surface area contributed by atoms with Crippen LogP contribution in [0.15, 0.2) is 56.7 Å².